The Hall–Kier alpha value is -1.29. The maximum atomic E-state index is 14.2. The van der Waals surface area contributed by atoms with Crippen LogP contribution in [0.1, 0.15) is 38.2 Å². The van der Waals surface area contributed by atoms with Crippen molar-refractivity contribution in [3.63, 3.8) is 0 Å². The van der Waals surface area contributed by atoms with Gasteiger partial charge in [-0.25, -0.2) is 4.39 Å². The van der Waals surface area contributed by atoms with E-state index in [0.717, 1.165) is 18.4 Å². The molecule has 1 saturated heterocycles. The molecule has 0 bridgehead atoms. The molecule has 0 aliphatic carbocycles. The minimum Gasteiger partial charge on any atom is -0.486 e. The number of hydrogen-bond acceptors (Lipinski definition) is 3. The first-order valence-electron chi connectivity index (χ1n) is 6.93. The van der Waals surface area contributed by atoms with Crippen molar-refractivity contribution in [3.8, 4) is 11.5 Å². The van der Waals surface area contributed by atoms with Crippen LogP contribution in [0.3, 0.4) is 0 Å². The van der Waals surface area contributed by atoms with Gasteiger partial charge in [-0.2, -0.15) is 0 Å². The lowest BCUT2D eigenvalue weighted by molar-refractivity contribution is 0.170. The molecule has 3 rings (SSSR count). The fraction of sp³-hybridized carbons (Fsp3) is 0.600. The van der Waals surface area contributed by atoms with Gasteiger partial charge in [0, 0.05) is 6.07 Å². The zero-order valence-electron chi connectivity index (χ0n) is 11.3. The Morgan fingerprint density at radius 1 is 1.26 bits per heavy atom. The Morgan fingerprint density at radius 3 is 2.47 bits per heavy atom. The van der Waals surface area contributed by atoms with Crippen molar-refractivity contribution in [1.82, 2.24) is 0 Å². The molecule has 0 spiro atoms. The zero-order valence-corrected chi connectivity index (χ0v) is 11.3. The maximum absolute atomic E-state index is 14.2. The summed E-state index contributed by atoms with van der Waals surface area (Å²) in [4.78, 5) is 0. The molecule has 0 radical (unpaired) electrons. The third-order valence-electron chi connectivity index (χ3n) is 3.95. The Bertz CT molecular complexity index is 475. The summed E-state index contributed by atoms with van der Waals surface area (Å²) in [5.41, 5.74) is 0.717. The van der Waals surface area contributed by atoms with Gasteiger partial charge < -0.3 is 14.2 Å². The number of fused-ring (bicyclic) bond motifs is 1. The van der Waals surface area contributed by atoms with Gasteiger partial charge in [0.05, 0.1) is 12.2 Å². The molecule has 0 N–H and O–H groups in total. The minimum atomic E-state index is -0.204. The number of benzene rings is 1. The molecule has 104 valence electrons. The SMILES string of the molecule is CCC(CC1OC1C)c1cc2c(cc1F)OCCO2. The molecule has 3 nitrogen and oxygen atoms in total. The first-order chi connectivity index (χ1) is 9.19. The van der Waals surface area contributed by atoms with Gasteiger partial charge in [-0.1, -0.05) is 6.92 Å². The highest BCUT2D eigenvalue weighted by Crippen LogP contribution is 2.40. The largest absolute Gasteiger partial charge is 0.486 e. The van der Waals surface area contributed by atoms with Crippen LogP contribution in [-0.4, -0.2) is 25.4 Å². The van der Waals surface area contributed by atoms with Crippen molar-refractivity contribution >= 4 is 0 Å². The number of halogens is 1. The van der Waals surface area contributed by atoms with Crippen LogP contribution in [0.15, 0.2) is 12.1 Å². The standard InChI is InChI=1S/C15H19FO3/c1-3-10(6-13-9(2)19-13)11-7-14-15(8-12(11)16)18-5-4-17-14/h7-10,13H,3-6H2,1-2H3. The van der Waals surface area contributed by atoms with Crippen molar-refractivity contribution in [3.05, 3.63) is 23.5 Å². The fourth-order valence-corrected chi connectivity index (χ4v) is 2.66. The minimum absolute atomic E-state index is 0.172. The number of epoxide rings is 1. The second-order valence-corrected chi connectivity index (χ2v) is 5.24. The van der Waals surface area contributed by atoms with Crippen molar-refractivity contribution in [1.29, 1.82) is 0 Å². The van der Waals surface area contributed by atoms with E-state index in [1.807, 2.05) is 0 Å². The smallest absolute Gasteiger partial charge is 0.164 e. The fourth-order valence-electron chi connectivity index (χ4n) is 2.66. The molecule has 1 aromatic carbocycles. The number of ether oxygens (including phenoxy) is 3. The number of hydrogen-bond donors (Lipinski definition) is 0. The monoisotopic (exact) mass is 266 g/mol. The van der Waals surface area contributed by atoms with E-state index >= 15 is 0 Å². The van der Waals surface area contributed by atoms with E-state index in [1.165, 1.54) is 6.07 Å². The predicted molar refractivity (Wildman–Crippen MR) is 69.4 cm³/mol. The molecular formula is C15H19FO3. The zero-order chi connectivity index (χ0) is 13.4. The summed E-state index contributed by atoms with van der Waals surface area (Å²) in [7, 11) is 0. The third-order valence-corrected chi connectivity index (χ3v) is 3.95. The van der Waals surface area contributed by atoms with Crippen molar-refractivity contribution in [2.45, 2.75) is 44.8 Å². The molecule has 2 aliphatic rings. The summed E-state index contributed by atoms with van der Waals surface area (Å²) < 4.78 is 30.6. The maximum Gasteiger partial charge on any atom is 0.164 e. The van der Waals surface area contributed by atoms with Crippen LogP contribution >= 0.6 is 0 Å². The average molecular weight is 266 g/mol. The molecule has 0 aromatic heterocycles. The van der Waals surface area contributed by atoms with E-state index in [9.17, 15) is 4.39 Å². The van der Waals surface area contributed by atoms with Gasteiger partial charge in [-0.05, 0) is 37.3 Å². The average Bonchev–Trinajstić information content (AvgIpc) is 3.11. The van der Waals surface area contributed by atoms with Crippen molar-refractivity contribution in [2.24, 2.45) is 0 Å². The number of rotatable bonds is 4. The Balaban J connectivity index is 1.85. The second kappa shape index (κ2) is 5.00. The first kappa shape index (κ1) is 12.7. The molecule has 2 heterocycles. The molecule has 3 unspecified atom stereocenters. The van der Waals surface area contributed by atoms with Gasteiger partial charge in [0.15, 0.2) is 11.5 Å². The normalized spacial score (nSPS) is 26.1. The molecular weight excluding hydrogens is 247 g/mol. The van der Waals surface area contributed by atoms with Crippen molar-refractivity contribution < 1.29 is 18.6 Å². The first-order valence-corrected chi connectivity index (χ1v) is 6.93. The third kappa shape index (κ3) is 2.54. The van der Waals surface area contributed by atoms with Crippen LogP contribution < -0.4 is 9.47 Å². The Kier molecular flexibility index (Phi) is 3.35. The molecule has 4 heteroatoms. The van der Waals surface area contributed by atoms with Crippen LogP contribution in [0, 0.1) is 5.82 Å². The van der Waals surface area contributed by atoms with E-state index in [4.69, 9.17) is 14.2 Å². The molecule has 2 aliphatic heterocycles. The highest BCUT2D eigenvalue weighted by Gasteiger charge is 2.36. The molecule has 1 aromatic rings. The van der Waals surface area contributed by atoms with Crippen LogP contribution in [0.25, 0.3) is 0 Å². The van der Waals surface area contributed by atoms with Crippen LogP contribution in [0.5, 0.6) is 11.5 Å². The summed E-state index contributed by atoms with van der Waals surface area (Å²) in [6.07, 6.45) is 2.35. The van der Waals surface area contributed by atoms with E-state index in [1.54, 1.807) is 6.07 Å². The van der Waals surface area contributed by atoms with Gasteiger partial charge >= 0.3 is 0 Å². The highest BCUT2D eigenvalue weighted by molar-refractivity contribution is 5.45. The summed E-state index contributed by atoms with van der Waals surface area (Å²) in [6.45, 7) is 5.14. The van der Waals surface area contributed by atoms with Gasteiger partial charge in [-0.3, -0.25) is 0 Å². The van der Waals surface area contributed by atoms with E-state index < -0.39 is 0 Å². The van der Waals surface area contributed by atoms with Crippen LogP contribution in [0.4, 0.5) is 4.39 Å². The molecule has 0 amide bonds. The van der Waals surface area contributed by atoms with E-state index in [0.29, 0.717) is 30.8 Å². The lowest BCUT2D eigenvalue weighted by Crippen LogP contribution is -2.16. The van der Waals surface area contributed by atoms with Gasteiger partial charge in [0.1, 0.15) is 19.0 Å². The quantitative estimate of drug-likeness (QED) is 0.784. The molecule has 1 fully saturated rings. The lowest BCUT2D eigenvalue weighted by atomic mass is 9.90. The summed E-state index contributed by atoms with van der Waals surface area (Å²) in [5, 5.41) is 0. The molecule has 0 saturated carbocycles. The Labute approximate surface area is 112 Å². The van der Waals surface area contributed by atoms with Crippen LogP contribution in [0.2, 0.25) is 0 Å². The van der Waals surface area contributed by atoms with Crippen LogP contribution in [-0.2, 0) is 4.74 Å². The summed E-state index contributed by atoms with van der Waals surface area (Å²) >= 11 is 0. The van der Waals surface area contributed by atoms with Gasteiger partial charge in [0.2, 0.25) is 0 Å². The molecule has 3 atom stereocenters. The lowest BCUT2D eigenvalue weighted by Gasteiger charge is -2.22. The van der Waals surface area contributed by atoms with E-state index in [-0.39, 0.29) is 17.8 Å². The van der Waals surface area contributed by atoms with Gasteiger partial charge in [0.25, 0.3) is 0 Å². The molecule has 19 heavy (non-hydrogen) atoms. The predicted octanol–water partition coefficient (Wildman–Crippen LogP) is 3.27. The van der Waals surface area contributed by atoms with Gasteiger partial charge in [-0.15, -0.1) is 0 Å². The topological polar surface area (TPSA) is 31.0 Å². The summed E-state index contributed by atoms with van der Waals surface area (Å²) in [6, 6.07) is 3.24. The van der Waals surface area contributed by atoms with E-state index in [2.05, 4.69) is 13.8 Å². The van der Waals surface area contributed by atoms with Crippen molar-refractivity contribution in [2.75, 3.05) is 13.2 Å². The summed E-state index contributed by atoms with van der Waals surface area (Å²) in [5.74, 6) is 1.14. The Morgan fingerprint density at radius 2 is 1.89 bits per heavy atom. The second-order valence-electron chi connectivity index (χ2n) is 5.24. The highest BCUT2D eigenvalue weighted by atomic mass is 19.1.